The van der Waals surface area contributed by atoms with Gasteiger partial charge in [-0.3, -0.25) is 9.59 Å². The zero-order chi connectivity index (χ0) is 20.9. The first-order valence-electron chi connectivity index (χ1n) is 10.2. The highest BCUT2D eigenvalue weighted by molar-refractivity contribution is 7.88. The molecule has 0 bridgehead atoms. The molecular weight excluding hydrogens is 390 g/mol. The lowest BCUT2D eigenvalue weighted by atomic mass is 9.65. The zero-order valence-electron chi connectivity index (χ0n) is 17.1. The predicted molar refractivity (Wildman–Crippen MR) is 110 cm³/mol. The molecule has 2 amide bonds. The Morgan fingerprint density at radius 1 is 1.07 bits per heavy atom. The number of benzene rings is 1. The van der Waals surface area contributed by atoms with Crippen molar-refractivity contribution in [1.82, 2.24) is 14.5 Å². The fourth-order valence-corrected chi connectivity index (χ4v) is 6.79. The van der Waals surface area contributed by atoms with E-state index in [1.165, 1.54) is 10.6 Å². The van der Waals surface area contributed by atoms with E-state index in [9.17, 15) is 18.0 Å². The Bertz CT molecular complexity index is 909. The van der Waals surface area contributed by atoms with Crippen LogP contribution in [0.15, 0.2) is 30.3 Å². The quantitative estimate of drug-likeness (QED) is 0.801. The fourth-order valence-electron chi connectivity index (χ4n) is 5.91. The second-order valence-electron chi connectivity index (χ2n) is 8.86. The fraction of sp³-hybridized carbons (Fsp3) is 0.619. The summed E-state index contributed by atoms with van der Waals surface area (Å²) >= 11 is 0. The maximum atomic E-state index is 12.9. The minimum Gasteiger partial charge on any atom is -0.359 e. The number of hydrogen-bond donors (Lipinski definition) is 1. The minimum atomic E-state index is -3.35. The molecule has 1 N–H and O–H groups in total. The Balaban J connectivity index is 1.55. The molecule has 1 spiro atoms. The lowest BCUT2D eigenvalue weighted by Crippen LogP contribution is -2.49. The molecule has 2 saturated heterocycles. The van der Waals surface area contributed by atoms with Gasteiger partial charge in [-0.15, -0.1) is 0 Å². The van der Waals surface area contributed by atoms with Crippen LogP contribution in [0.2, 0.25) is 0 Å². The van der Waals surface area contributed by atoms with Gasteiger partial charge in [0, 0.05) is 38.8 Å². The third-order valence-electron chi connectivity index (χ3n) is 7.54. The van der Waals surface area contributed by atoms with Gasteiger partial charge in [0.15, 0.2) is 0 Å². The number of carbonyl (C=O) groups is 2. The first-order chi connectivity index (χ1) is 13.7. The molecule has 0 unspecified atom stereocenters. The average molecular weight is 420 g/mol. The number of nitrogens with zero attached hydrogens (tertiary/aromatic N) is 2. The van der Waals surface area contributed by atoms with E-state index < -0.39 is 15.4 Å². The van der Waals surface area contributed by atoms with Gasteiger partial charge in [-0.25, -0.2) is 12.7 Å². The van der Waals surface area contributed by atoms with Gasteiger partial charge in [0.1, 0.15) is 0 Å². The molecule has 1 aromatic carbocycles. The molecule has 1 aromatic rings. The van der Waals surface area contributed by atoms with E-state index in [-0.39, 0.29) is 29.7 Å². The van der Waals surface area contributed by atoms with Crippen molar-refractivity contribution in [2.75, 3.05) is 39.5 Å². The Labute approximate surface area is 172 Å². The van der Waals surface area contributed by atoms with E-state index in [0.717, 1.165) is 19.3 Å². The van der Waals surface area contributed by atoms with Crippen LogP contribution in [0.3, 0.4) is 0 Å². The highest BCUT2D eigenvalue weighted by atomic mass is 32.2. The van der Waals surface area contributed by atoms with Crippen molar-refractivity contribution in [3.8, 4) is 0 Å². The van der Waals surface area contributed by atoms with Gasteiger partial charge in [0.05, 0.1) is 11.7 Å². The number of likely N-dealkylation sites (tertiary alicyclic amines) is 1. The van der Waals surface area contributed by atoms with Crippen LogP contribution in [0.4, 0.5) is 0 Å². The summed E-state index contributed by atoms with van der Waals surface area (Å²) in [5.74, 6) is -0.00725. The van der Waals surface area contributed by atoms with Gasteiger partial charge in [-0.1, -0.05) is 18.2 Å². The second kappa shape index (κ2) is 7.09. The predicted octanol–water partition coefficient (Wildman–Crippen LogP) is 1.33. The topological polar surface area (TPSA) is 86.8 Å². The summed E-state index contributed by atoms with van der Waals surface area (Å²) in [6.07, 6.45) is 4.46. The van der Waals surface area contributed by atoms with Crippen LogP contribution in [-0.4, -0.2) is 68.9 Å². The molecule has 29 heavy (non-hydrogen) atoms. The highest BCUT2D eigenvalue weighted by Crippen LogP contribution is 2.62. The molecule has 158 valence electrons. The summed E-state index contributed by atoms with van der Waals surface area (Å²) in [4.78, 5) is 27.6. The largest absolute Gasteiger partial charge is 0.359 e. The van der Waals surface area contributed by atoms with Gasteiger partial charge in [0.25, 0.3) is 5.91 Å². The smallest absolute Gasteiger partial charge is 0.253 e. The molecule has 1 saturated carbocycles. The number of piperidine rings is 1. The Kier molecular flexibility index (Phi) is 4.98. The molecule has 7 nitrogen and oxygen atoms in total. The molecule has 2 atom stereocenters. The zero-order valence-corrected chi connectivity index (χ0v) is 17.9. The van der Waals surface area contributed by atoms with Crippen molar-refractivity contribution in [2.45, 2.75) is 25.7 Å². The molecular formula is C21H29N3O4S. The van der Waals surface area contributed by atoms with E-state index in [1.54, 1.807) is 7.05 Å². The van der Waals surface area contributed by atoms with Crippen LogP contribution in [0.5, 0.6) is 0 Å². The van der Waals surface area contributed by atoms with Crippen LogP contribution in [0.25, 0.3) is 0 Å². The Hall–Kier alpha value is -1.93. The minimum absolute atomic E-state index is 0.00125. The van der Waals surface area contributed by atoms with Gasteiger partial charge >= 0.3 is 0 Å². The molecule has 0 aromatic heterocycles. The van der Waals surface area contributed by atoms with Gasteiger partial charge < -0.3 is 10.2 Å². The number of fused-ring (bicyclic) bond motifs is 2. The van der Waals surface area contributed by atoms with Crippen molar-refractivity contribution < 1.29 is 18.0 Å². The highest BCUT2D eigenvalue weighted by Gasteiger charge is 2.65. The van der Waals surface area contributed by atoms with Crippen LogP contribution in [0.1, 0.15) is 36.0 Å². The van der Waals surface area contributed by atoms with Crippen LogP contribution in [-0.2, 0) is 14.8 Å². The molecule has 0 radical (unpaired) electrons. The number of rotatable bonds is 3. The maximum absolute atomic E-state index is 12.9. The SMILES string of the molecule is CNC(=O)[C@@]12CCC3(CCN(C(=O)c4ccccc4)CC3)[C@@H]1CN(S(C)(=O)=O)C2. The first kappa shape index (κ1) is 20.3. The number of sulfonamides is 1. The van der Waals surface area contributed by atoms with E-state index in [1.807, 2.05) is 35.2 Å². The van der Waals surface area contributed by atoms with E-state index >= 15 is 0 Å². The number of carbonyl (C=O) groups excluding carboxylic acids is 2. The Morgan fingerprint density at radius 3 is 2.31 bits per heavy atom. The summed E-state index contributed by atoms with van der Waals surface area (Å²) in [5.41, 5.74) is -0.0400. The third kappa shape index (κ3) is 3.26. The molecule has 4 rings (SSSR count). The molecule has 3 fully saturated rings. The van der Waals surface area contributed by atoms with Crippen molar-refractivity contribution in [2.24, 2.45) is 16.7 Å². The van der Waals surface area contributed by atoms with Crippen LogP contribution < -0.4 is 5.32 Å². The molecule has 2 heterocycles. The van der Waals surface area contributed by atoms with Crippen LogP contribution in [0, 0.1) is 16.7 Å². The summed E-state index contributed by atoms with van der Waals surface area (Å²) in [6, 6.07) is 9.30. The maximum Gasteiger partial charge on any atom is 0.253 e. The molecule has 8 heteroatoms. The molecule has 2 aliphatic heterocycles. The monoisotopic (exact) mass is 419 g/mol. The van der Waals surface area contributed by atoms with Crippen molar-refractivity contribution >= 4 is 21.8 Å². The number of amides is 2. The normalized spacial score (nSPS) is 29.0. The van der Waals surface area contributed by atoms with Crippen molar-refractivity contribution in [3.05, 3.63) is 35.9 Å². The molecule has 1 aliphatic carbocycles. The standard InChI is InChI=1S/C21H29N3O4S/c1-22-19(26)21-9-8-20(17(21)14-24(15-21)29(2,27)28)10-12-23(13-11-20)18(25)16-6-4-3-5-7-16/h3-7,17H,8-15H2,1-2H3,(H,22,26)/t17-,21+/m0/s1. The van der Waals surface area contributed by atoms with Crippen LogP contribution >= 0.6 is 0 Å². The summed E-state index contributed by atoms with van der Waals surface area (Å²) in [7, 11) is -1.72. The van der Waals surface area contributed by atoms with Gasteiger partial charge in [0.2, 0.25) is 15.9 Å². The van der Waals surface area contributed by atoms with Crippen molar-refractivity contribution in [3.63, 3.8) is 0 Å². The van der Waals surface area contributed by atoms with E-state index in [4.69, 9.17) is 0 Å². The number of nitrogens with one attached hydrogen (secondary N) is 1. The van der Waals surface area contributed by atoms with E-state index in [0.29, 0.717) is 31.6 Å². The number of hydrogen-bond acceptors (Lipinski definition) is 4. The van der Waals surface area contributed by atoms with Gasteiger partial charge in [-0.05, 0) is 49.1 Å². The summed E-state index contributed by atoms with van der Waals surface area (Å²) < 4.78 is 25.9. The summed E-state index contributed by atoms with van der Waals surface area (Å²) in [5, 5.41) is 2.79. The third-order valence-corrected chi connectivity index (χ3v) is 8.75. The van der Waals surface area contributed by atoms with E-state index in [2.05, 4.69) is 5.32 Å². The van der Waals surface area contributed by atoms with Gasteiger partial charge in [-0.2, -0.15) is 0 Å². The lowest BCUT2D eigenvalue weighted by Gasteiger charge is -2.44. The average Bonchev–Trinajstić information content (AvgIpc) is 3.26. The second-order valence-corrected chi connectivity index (χ2v) is 10.8. The first-order valence-corrected chi connectivity index (χ1v) is 12.1. The Morgan fingerprint density at radius 2 is 1.72 bits per heavy atom. The summed E-state index contributed by atoms with van der Waals surface area (Å²) in [6.45, 7) is 1.96. The van der Waals surface area contributed by atoms with Crippen molar-refractivity contribution in [1.29, 1.82) is 0 Å². The molecule has 3 aliphatic rings. The lowest BCUT2D eigenvalue weighted by molar-refractivity contribution is -0.132.